The minimum atomic E-state index is -0.0172. The Morgan fingerprint density at radius 1 is 1.58 bits per heavy atom. The molecule has 0 saturated carbocycles. The van der Waals surface area contributed by atoms with Crippen LogP contribution in [-0.2, 0) is 4.79 Å². The van der Waals surface area contributed by atoms with Gasteiger partial charge in [-0.25, -0.2) is 0 Å². The first kappa shape index (κ1) is 13.7. The average molecular weight is 264 g/mol. The molecule has 0 spiro atoms. The van der Waals surface area contributed by atoms with Crippen molar-refractivity contribution in [2.45, 2.75) is 19.3 Å². The summed E-state index contributed by atoms with van der Waals surface area (Å²) in [7, 11) is 1.49. The molecular formula is C14H20N2O3. The summed E-state index contributed by atoms with van der Waals surface area (Å²) in [4.78, 5) is 11.8. The molecule has 1 heterocycles. The molecular weight excluding hydrogens is 244 g/mol. The van der Waals surface area contributed by atoms with Crippen molar-refractivity contribution in [3.05, 3.63) is 18.2 Å². The van der Waals surface area contributed by atoms with Gasteiger partial charge in [0.15, 0.2) is 11.5 Å². The number of ether oxygens (including phenoxy) is 1. The fourth-order valence-electron chi connectivity index (χ4n) is 2.29. The Kier molecular flexibility index (Phi) is 4.63. The highest BCUT2D eigenvalue weighted by molar-refractivity contribution is 5.91. The SMILES string of the molecule is COc1ccc(NC(=O)CCC2CCNC2)cc1O. The number of carbonyl (C=O) groups excluding carboxylic acids is 1. The topological polar surface area (TPSA) is 70.6 Å². The Bertz CT molecular complexity index is 442. The highest BCUT2D eigenvalue weighted by Gasteiger charge is 2.15. The molecule has 0 radical (unpaired) electrons. The lowest BCUT2D eigenvalue weighted by molar-refractivity contribution is -0.116. The van der Waals surface area contributed by atoms with Crippen LogP contribution in [-0.4, -0.2) is 31.2 Å². The molecule has 5 nitrogen and oxygen atoms in total. The van der Waals surface area contributed by atoms with Crippen LogP contribution in [0.4, 0.5) is 5.69 Å². The summed E-state index contributed by atoms with van der Waals surface area (Å²) in [6, 6.07) is 4.84. The van der Waals surface area contributed by atoms with Gasteiger partial charge >= 0.3 is 0 Å². The van der Waals surface area contributed by atoms with Gasteiger partial charge in [-0.05, 0) is 44.0 Å². The molecule has 1 aromatic carbocycles. The summed E-state index contributed by atoms with van der Waals surface area (Å²) < 4.78 is 4.95. The summed E-state index contributed by atoms with van der Waals surface area (Å²) in [5.74, 6) is 1.02. The number of amides is 1. The highest BCUT2D eigenvalue weighted by atomic mass is 16.5. The van der Waals surface area contributed by atoms with Gasteiger partial charge < -0.3 is 20.5 Å². The second-order valence-electron chi connectivity index (χ2n) is 4.83. The Balaban J connectivity index is 1.82. The van der Waals surface area contributed by atoms with Gasteiger partial charge in [-0.3, -0.25) is 4.79 Å². The van der Waals surface area contributed by atoms with Crippen LogP contribution in [0.3, 0.4) is 0 Å². The molecule has 1 aliphatic rings. The number of carbonyl (C=O) groups is 1. The molecule has 1 amide bonds. The van der Waals surface area contributed by atoms with Gasteiger partial charge in [-0.15, -0.1) is 0 Å². The fourth-order valence-corrected chi connectivity index (χ4v) is 2.29. The van der Waals surface area contributed by atoms with Crippen LogP contribution in [0.5, 0.6) is 11.5 Å². The van der Waals surface area contributed by atoms with Gasteiger partial charge in [-0.2, -0.15) is 0 Å². The average Bonchev–Trinajstić information content (AvgIpc) is 2.90. The number of hydrogen-bond acceptors (Lipinski definition) is 4. The molecule has 1 aromatic rings. The minimum Gasteiger partial charge on any atom is -0.504 e. The van der Waals surface area contributed by atoms with E-state index >= 15 is 0 Å². The zero-order chi connectivity index (χ0) is 13.7. The lowest BCUT2D eigenvalue weighted by Gasteiger charge is -2.10. The van der Waals surface area contributed by atoms with E-state index < -0.39 is 0 Å². The minimum absolute atomic E-state index is 0.0172. The van der Waals surface area contributed by atoms with Crippen molar-refractivity contribution in [3.8, 4) is 11.5 Å². The predicted molar refractivity (Wildman–Crippen MR) is 73.5 cm³/mol. The van der Waals surface area contributed by atoms with Crippen molar-refractivity contribution < 1.29 is 14.6 Å². The zero-order valence-corrected chi connectivity index (χ0v) is 11.1. The molecule has 1 atom stereocenters. The summed E-state index contributed by atoms with van der Waals surface area (Å²) in [5.41, 5.74) is 0.591. The largest absolute Gasteiger partial charge is 0.504 e. The summed E-state index contributed by atoms with van der Waals surface area (Å²) in [6.45, 7) is 2.06. The van der Waals surface area contributed by atoms with Crippen LogP contribution in [0.1, 0.15) is 19.3 Å². The molecule has 3 N–H and O–H groups in total. The monoisotopic (exact) mass is 264 g/mol. The van der Waals surface area contributed by atoms with E-state index in [2.05, 4.69) is 10.6 Å². The number of nitrogens with one attached hydrogen (secondary N) is 2. The number of phenolic OH excluding ortho intramolecular Hbond substituents is 1. The first-order valence-electron chi connectivity index (χ1n) is 6.56. The Morgan fingerprint density at radius 2 is 2.42 bits per heavy atom. The first-order chi connectivity index (χ1) is 9.19. The van der Waals surface area contributed by atoms with E-state index in [1.807, 2.05) is 0 Å². The third kappa shape index (κ3) is 3.86. The second-order valence-corrected chi connectivity index (χ2v) is 4.83. The second kappa shape index (κ2) is 6.43. The smallest absolute Gasteiger partial charge is 0.224 e. The number of methoxy groups -OCH3 is 1. The van der Waals surface area contributed by atoms with Crippen molar-refractivity contribution in [2.75, 3.05) is 25.5 Å². The van der Waals surface area contributed by atoms with Crippen LogP contribution < -0.4 is 15.4 Å². The van der Waals surface area contributed by atoms with Crippen molar-refractivity contribution in [3.63, 3.8) is 0 Å². The molecule has 1 fully saturated rings. The van der Waals surface area contributed by atoms with E-state index in [1.165, 1.54) is 13.2 Å². The number of rotatable bonds is 5. The van der Waals surface area contributed by atoms with Gasteiger partial charge in [0.25, 0.3) is 0 Å². The number of aromatic hydroxyl groups is 1. The molecule has 0 aliphatic carbocycles. The van der Waals surface area contributed by atoms with Gasteiger partial charge in [0.1, 0.15) is 0 Å². The maximum absolute atomic E-state index is 11.8. The molecule has 1 unspecified atom stereocenters. The Morgan fingerprint density at radius 3 is 3.05 bits per heavy atom. The summed E-state index contributed by atoms with van der Waals surface area (Å²) >= 11 is 0. The number of hydrogen-bond donors (Lipinski definition) is 3. The van der Waals surface area contributed by atoms with Gasteiger partial charge in [0, 0.05) is 18.2 Å². The van der Waals surface area contributed by atoms with Crippen LogP contribution in [0.15, 0.2) is 18.2 Å². The van der Waals surface area contributed by atoms with E-state index in [4.69, 9.17) is 4.74 Å². The standard InChI is InChI=1S/C14H20N2O3/c1-19-13-4-3-11(8-12(13)17)16-14(18)5-2-10-6-7-15-9-10/h3-4,8,10,15,17H,2,5-7,9H2,1H3,(H,16,18). The van der Waals surface area contributed by atoms with Gasteiger partial charge in [-0.1, -0.05) is 0 Å². The van der Waals surface area contributed by atoms with Crippen LogP contribution in [0.2, 0.25) is 0 Å². The molecule has 1 aliphatic heterocycles. The fraction of sp³-hybridized carbons (Fsp3) is 0.500. The van der Waals surface area contributed by atoms with Crippen molar-refractivity contribution in [2.24, 2.45) is 5.92 Å². The van der Waals surface area contributed by atoms with E-state index in [9.17, 15) is 9.90 Å². The normalized spacial score (nSPS) is 18.3. The Labute approximate surface area is 113 Å². The zero-order valence-electron chi connectivity index (χ0n) is 11.1. The number of benzene rings is 1. The Hall–Kier alpha value is -1.75. The third-order valence-electron chi connectivity index (χ3n) is 3.40. The lowest BCUT2D eigenvalue weighted by atomic mass is 10.0. The predicted octanol–water partition coefficient (Wildman–Crippen LogP) is 1.73. The van der Waals surface area contributed by atoms with E-state index in [-0.39, 0.29) is 11.7 Å². The molecule has 0 aromatic heterocycles. The van der Waals surface area contributed by atoms with Crippen molar-refractivity contribution in [1.82, 2.24) is 5.32 Å². The van der Waals surface area contributed by atoms with Crippen LogP contribution in [0.25, 0.3) is 0 Å². The number of anilines is 1. The molecule has 0 bridgehead atoms. The number of phenols is 1. The highest BCUT2D eigenvalue weighted by Crippen LogP contribution is 2.28. The van der Waals surface area contributed by atoms with Gasteiger partial charge in [0.2, 0.25) is 5.91 Å². The molecule has 5 heteroatoms. The quantitative estimate of drug-likeness (QED) is 0.757. The molecule has 104 valence electrons. The van der Waals surface area contributed by atoms with E-state index in [1.54, 1.807) is 12.1 Å². The van der Waals surface area contributed by atoms with E-state index in [0.29, 0.717) is 23.8 Å². The van der Waals surface area contributed by atoms with Gasteiger partial charge in [0.05, 0.1) is 7.11 Å². The maximum Gasteiger partial charge on any atom is 0.224 e. The summed E-state index contributed by atoms with van der Waals surface area (Å²) in [6.07, 6.45) is 2.57. The molecule has 2 rings (SSSR count). The van der Waals surface area contributed by atoms with Crippen LogP contribution in [0, 0.1) is 5.92 Å². The first-order valence-corrected chi connectivity index (χ1v) is 6.56. The van der Waals surface area contributed by atoms with Crippen molar-refractivity contribution in [1.29, 1.82) is 0 Å². The molecule has 19 heavy (non-hydrogen) atoms. The lowest BCUT2D eigenvalue weighted by Crippen LogP contribution is -2.14. The molecule has 1 saturated heterocycles. The van der Waals surface area contributed by atoms with E-state index in [0.717, 1.165) is 25.9 Å². The van der Waals surface area contributed by atoms with Crippen molar-refractivity contribution >= 4 is 11.6 Å². The van der Waals surface area contributed by atoms with Crippen LogP contribution >= 0.6 is 0 Å². The third-order valence-corrected chi connectivity index (χ3v) is 3.40. The summed E-state index contributed by atoms with van der Waals surface area (Å²) in [5, 5.41) is 15.7. The maximum atomic E-state index is 11.8.